The van der Waals surface area contributed by atoms with Crippen LogP contribution in [0.15, 0.2) is 0 Å². The largest absolute Gasteiger partial charge is 0.341 e. The molecule has 0 bridgehead atoms. The quantitative estimate of drug-likeness (QED) is 0.852. The van der Waals surface area contributed by atoms with Crippen molar-refractivity contribution >= 4 is 30.7 Å². The number of rotatable bonds is 4. The minimum atomic E-state index is -0.170. The molecule has 0 aromatic rings. The molecule has 2 saturated heterocycles. The van der Waals surface area contributed by atoms with Crippen LogP contribution in [0, 0.1) is 5.41 Å². The number of hydrogen-bond acceptors (Lipinski definition) is 3. The number of likely N-dealkylation sites (N-methyl/N-ethyl adjacent to an activating group) is 1. The fourth-order valence-corrected chi connectivity index (χ4v) is 3.58. The second-order valence-corrected chi connectivity index (χ2v) is 6.26. The first-order chi connectivity index (χ1) is 9.10. The Morgan fingerprint density at radius 2 is 2.00 bits per heavy atom. The molecule has 2 aliphatic rings. The van der Waals surface area contributed by atoms with E-state index in [2.05, 4.69) is 35.9 Å². The highest BCUT2D eigenvalue weighted by molar-refractivity contribution is 5.85. The summed E-state index contributed by atoms with van der Waals surface area (Å²) in [6, 6.07) is 0.569. The van der Waals surface area contributed by atoms with Crippen LogP contribution in [0.4, 0.5) is 0 Å². The van der Waals surface area contributed by atoms with E-state index in [0.717, 1.165) is 58.5 Å². The smallest absolute Gasteiger partial charge is 0.229 e. The van der Waals surface area contributed by atoms with E-state index >= 15 is 0 Å². The van der Waals surface area contributed by atoms with Crippen LogP contribution in [0.1, 0.15) is 40.0 Å². The summed E-state index contributed by atoms with van der Waals surface area (Å²) in [4.78, 5) is 17.3. The number of nitrogens with zero attached hydrogens (tertiary/aromatic N) is 2. The Bertz CT molecular complexity index is 318. The zero-order valence-electron chi connectivity index (χ0n) is 13.6. The summed E-state index contributed by atoms with van der Waals surface area (Å²) >= 11 is 0. The highest BCUT2D eigenvalue weighted by Gasteiger charge is 2.40. The lowest BCUT2D eigenvalue weighted by Gasteiger charge is -2.36. The number of nitrogens with one attached hydrogen (secondary N) is 1. The molecule has 2 fully saturated rings. The van der Waals surface area contributed by atoms with Crippen LogP contribution in [-0.4, -0.2) is 61.0 Å². The van der Waals surface area contributed by atoms with Crippen molar-refractivity contribution in [3.05, 3.63) is 0 Å². The highest BCUT2D eigenvalue weighted by atomic mass is 35.5. The lowest BCUT2D eigenvalue weighted by Crippen LogP contribution is -2.50. The van der Waals surface area contributed by atoms with Gasteiger partial charge in [-0.15, -0.1) is 24.8 Å². The molecule has 0 saturated carbocycles. The van der Waals surface area contributed by atoms with Crippen molar-refractivity contribution in [3.8, 4) is 0 Å². The van der Waals surface area contributed by atoms with Crippen LogP contribution in [0.25, 0.3) is 0 Å². The third kappa shape index (κ3) is 4.72. The van der Waals surface area contributed by atoms with Gasteiger partial charge in [0.2, 0.25) is 5.91 Å². The molecule has 2 atom stereocenters. The number of carbonyl (C=O) groups excluding carboxylic acids is 1. The Labute approximate surface area is 141 Å². The van der Waals surface area contributed by atoms with Crippen LogP contribution < -0.4 is 5.32 Å². The Morgan fingerprint density at radius 1 is 1.33 bits per heavy atom. The molecule has 2 unspecified atom stereocenters. The molecule has 0 spiro atoms. The molecule has 1 amide bonds. The fourth-order valence-electron chi connectivity index (χ4n) is 3.58. The van der Waals surface area contributed by atoms with E-state index in [1.54, 1.807) is 0 Å². The van der Waals surface area contributed by atoms with Gasteiger partial charge in [0.05, 0.1) is 5.41 Å². The van der Waals surface area contributed by atoms with Gasteiger partial charge >= 0.3 is 0 Å². The van der Waals surface area contributed by atoms with Gasteiger partial charge in [0.25, 0.3) is 0 Å². The molecule has 2 rings (SSSR count). The van der Waals surface area contributed by atoms with Crippen LogP contribution >= 0.6 is 24.8 Å². The molecule has 6 heteroatoms. The van der Waals surface area contributed by atoms with Gasteiger partial charge in [0.15, 0.2) is 0 Å². The Morgan fingerprint density at radius 3 is 2.52 bits per heavy atom. The van der Waals surface area contributed by atoms with Crippen molar-refractivity contribution in [3.63, 3.8) is 0 Å². The molecule has 126 valence electrons. The molecule has 4 nitrogen and oxygen atoms in total. The molecule has 2 aliphatic heterocycles. The predicted molar refractivity (Wildman–Crippen MR) is 92.6 cm³/mol. The van der Waals surface area contributed by atoms with Gasteiger partial charge in [-0.25, -0.2) is 0 Å². The maximum Gasteiger partial charge on any atom is 0.229 e. The number of likely N-dealkylation sites (tertiary alicyclic amines) is 1. The van der Waals surface area contributed by atoms with Gasteiger partial charge in [-0.2, -0.15) is 0 Å². The fraction of sp³-hybridized carbons (Fsp3) is 0.933. The third-order valence-electron chi connectivity index (χ3n) is 4.89. The Kier molecular flexibility index (Phi) is 9.17. The standard InChI is InChI=1S/C15H29N3O.2ClH/c1-4-17(5-2)13-7-10-18(11-13)14(19)15(3)8-6-9-16-12-15;;/h13,16H,4-12H2,1-3H3;2*1H. The van der Waals surface area contributed by atoms with E-state index in [0.29, 0.717) is 11.9 Å². The van der Waals surface area contributed by atoms with Crippen LogP contribution in [0.3, 0.4) is 0 Å². The molecular formula is C15H31Cl2N3O. The van der Waals surface area contributed by atoms with E-state index in [9.17, 15) is 4.79 Å². The molecule has 21 heavy (non-hydrogen) atoms. The first kappa shape index (κ1) is 21.0. The Balaban J connectivity index is 0.00000200. The lowest BCUT2D eigenvalue weighted by atomic mass is 9.81. The van der Waals surface area contributed by atoms with E-state index < -0.39 is 0 Å². The van der Waals surface area contributed by atoms with Gasteiger partial charge in [-0.3, -0.25) is 9.69 Å². The molecule has 0 aliphatic carbocycles. The monoisotopic (exact) mass is 339 g/mol. The van der Waals surface area contributed by atoms with Gasteiger partial charge in [-0.1, -0.05) is 13.8 Å². The van der Waals surface area contributed by atoms with Crippen molar-refractivity contribution in [1.29, 1.82) is 0 Å². The van der Waals surface area contributed by atoms with E-state index in [1.165, 1.54) is 0 Å². The summed E-state index contributed by atoms with van der Waals surface area (Å²) in [6.07, 6.45) is 3.29. The van der Waals surface area contributed by atoms with Crippen LogP contribution in [-0.2, 0) is 4.79 Å². The van der Waals surface area contributed by atoms with Crippen molar-refractivity contribution < 1.29 is 4.79 Å². The van der Waals surface area contributed by atoms with Crippen molar-refractivity contribution in [1.82, 2.24) is 15.1 Å². The molecule has 0 aromatic carbocycles. The Hall–Kier alpha value is -0.0300. The molecule has 2 heterocycles. The minimum absolute atomic E-state index is 0. The van der Waals surface area contributed by atoms with Crippen molar-refractivity contribution in [2.24, 2.45) is 5.41 Å². The van der Waals surface area contributed by atoms with Gasteiger partial charge in [0, 0.05) is 25.7 Å². The number of hydrogen-bond donors (Lipinski definition) is 1. The second kappa shape index (κ2) is 9.19. The van der Waals surface area contributed by atoms with Crippen LogP contribution in [0.5, 0.6) is 0 Å². The number of amides is 1. The van der Waals surface area contributed by atoms with Crippen molar-refractivity contribution in [2.45, 2.75) is 46.1 Å². The van der Waals surface area contributed by atoms with Gasteiger partial charge < -0.3 is 10.2 Å². The average Bonchev–Trinajstić information content (AvgIpc) is 2.90. The van der Waals surface area contributed by atoms with Crippen molar-refractivity contribution in [2.75, 3.05) is 39.3 Å². The van der Waals surface area contributed by atoms with E-state index in [1.807, 2.05) is 0 Å². The molecule has 0 aromatic heterocycles. The highest BCUT2D eigenvalue weighted by Crippen LogP contribution is 2.30. The normalized spacial score (nSPS) is 29.0. The third-order valence-corrected chi connectivity index (χ3v) is 4.89. The first-order valence-electron chi connectivity index (χ1n) is 7.85. The first-order valence-corrected chi connectivity index (χ1v) is 7.85. The number of piperidine rings is 1. The second-order valence-electron chi connectivity index (χ2n) is 6.26. The zero-order chi connectivity index (χ0) is 13.9. The summed E-state index contributed by atoms with van der Waals surface area (Å²) in [5.74, 6) is 0.370. The molecule has 1 N–H and O–H groups in total. The maximum atomic E-state index is 12.7. The topological polar surface area (TPSA) is 35.6 Å². The van der Waals surface area contributed by atoms with Crippen LogP contribution in [0.2, 0.25) is 0 Å². The summed E-state index contributed by atoms with van der Waals surface area (Å²) in [7, 11) is 0. The van der Waals surface area contributed by atoms with E-state index in [-0.39, 0.29) is 30.2 Å². The predicted octanol–water partition coefficient (Wildman–Crippen LogP) is 2.16. The SMILES string of the molecule is CCN(CC)C1CCN(C(=O)C2(C)CCCNC2)C1.Cl.Cl. The van der Waals surface area contributed by atoms with Gasteiger partial charge in [-0.05, 0) is 45.8 Å². The van der Waals surface area contributed by atoms with E-state index in [4.69, 9.17) is 0 Å². The zero-order valence-corrected chi connectivity index (χ0v) is 15.2. The summed E-state index contributed by atoms with van der Waals surface area (Å²) in [5, 5.41) is 3.38. The summed E-state index contributed by atoms with van der Waals surface area (Å²) in [6.45, 7) is 12.5. The lowest BCUT2D eigenvalue weighted by molar-refractivity contribution is -0.141. The summed E-state index contributed by atoms with van der Waals surface area (Å²) < 4.78 is 0. The molecular weight excluding hydrogens is 309 g/mol. The van der Waals surface area contributed by atoms with Gasteiger partial charge in [0.1, 0.15) is 0 Å². The minimum Gasteiger partial charge on any atom is -0.341 e. The average molecular weight is 340 g/mol. The summed E-state index contributed by atoms with van der Waals surface area (Å²) in [5.41, 5.74) is -0.170. The number of carbonyl (C=O) groups is 1. The molecule has 0 radical (unpaired) electrons. The maximum absolute atomic E-state index is 12.7. The number of halogens is 2.